The van der Waals surface area contributed by atoms with Crippen molar-refractivity contribution in [1.29, 1.82) is 0 Å². The number of hydrogen-bond acceptors (Lipinski definition) is 0. The zero-order chi connectivity index (χ0) is 12.1. The van der Waals surface area contributed by atoms with Crippen LogP contribution in [-0.4, -0.2) is 0 Å². The summed E-state index contributed by atoms with van der Waals surface area (Å²) in [4.78, 5) is 0. The summed E-state index contributed by atoms with van der Waals surface area (Å²) in [5, 5.41) is 0. The molecule has 0 heterocycles. The molecule has 0 aliphatic heterocycles. The minimum Gasteiger partial charge on any atom is -0.106 e. The molecular formula is C15H28. The molecule has 88 valence electrons. The van der Waals surface area contributed by atoms with Gasteiger partial charge in [-0.1, -0.05) is 20.8 Å². The average Bonchev–Trinajstić information content (AvgIpc) is 2.71. The molecule has 0 atom stereocenters. The van der Waals surface area contributed by atoms with E-state index in [1.165, 1.54) is 32.1 Å². The van der Waals surface area contributed by atoms with Crippen molar-refractivity contribution in [3.05, 3.63) is 26.3 Å². The maximum Gasteiger partial charge on any atom is -0.0246 e. The third-order valence-electron chi connectivity index (χ3n) is 5.01. The van der Waals surface area contributed by atoms with Crippen molar-refractivity contribution in [1.82, 2.24) is 0 Å². The molecule has 0 aromatic rings. The van der Waals surface area contributed by atoms with Crippen LogP contribution in [0.15, 0.2) is 26.3 Å². The van der Waals surface area contributed by atoms with E-state index in [4.69, 9.17) is 0 Å². The summed E-state index contributed by atoms with van der Waals surface area (Å²) in [5.74, 6) is 1.06. The van der Waals surface area contributed by atoms with Crippen molar-refractivity contribution in [2.45, 2.75) is 52.9 Å². The molecular weight excluding hydrogens is 180 g/mol. The van der Waals surface area contributed by atoms with E-state index in [0.29, 0.717) is 5.41 Å². The van der Waals surface area contributed by atoms with Gasteiger partial charge in [-0.2, -0.15) is 0 Å². The van der Waals surface area contributed by atoms with Crippen LogP contribution >= 0.6 is 0 Å². The van der Waals surface area contributed by atoms with Crippen molar-refractivity contribution in [3.63, 3.8) is 0 Å². The van der Waals surface area contributed by atoms with Gasteiger partial charge in [0.2, 0.25) is 0 Å². The van der Waals surface area contributed by atoms with Crippen LogP contribution in [0.5, 0.6) is 0 Å². The SMILES string of the molecule is C=C.C=C.CCC12CCC(CC1)C2(C)C. The topological polar surface area (TPSA) is 0 Å². The Morgan fingerprint density at radius 3 is 1.53 bits per heavy atom. The normalized spacial score (nSPS) is 34.7. The van der Waals surface area contributed by atoms with Crippen molar-refractivity contribution >= 4 is 0 Å². The Morgan fingerprint density at radius 2 is 1.40 bits per heavy atom. The number of hydrogen-bond donors (Lipinski definition) is 0. The van der Waals surface area contributed by atoms with E-state index in [1.54, 1.807) is 0 Å². The monoisotopic (exact) mass is 208 g/mol. The molecule has 2 saturated carbocycles. The van der Waals surface area contributed by atoms with Crippen molar-refractivity contribution in [2.24, 2.45) is 16.7 Å². The summed E-state index contributed by atoms with van der Waals surface area (Å²) in [6.45, 7) is 19.4. The largest absolute Gasteiger partial charge is 0.106 e. The van der Waals surface area contributed by atoms with Crippen LogP contribution in [0.2, 0.25) is 0 Å². The van der Waals surface area contributed by atoms with Gasteiger partial charge in [-0.05, 0) is 48.9 Å². The molecule has 2 fully saturated rings. The Kier molecular flexibility index (Phi) is 5.34. The van der Waals surface area contributed by atoms with E-state index < -0.39 is 0 Å². The van der Waals surface area contributed by atoms with Gasteiger partial charge < -0.3 is 0 Å². The molecule has 2 aliphatic rings. The van der Waals surface area contributed by atoms with Crippen LogP contribution in [0.3, 0.4) is 0 Å². The minimum absolute atomic E-state index is 0.668. The second-order valence-electron chi connectivity index (χ2n) is 5.13. The van der Waals surface area contributed by atoms with Gasteiger partial charge in [-0.15, -0.1) is 26.3 Å². The highest BCUT2D eigenvalue weighted by molar-refractivity contribution is 5.07. The smallest absolute Gasteiger partial charge is 0.0246 e. The quantitative estimate of drug-likeness (QED) is 0.518. The Labute approximate surface area is 96.5 Å². The molecule has 0 unspecified atom stereocenters. The third kappa shape index (κ3) is 2.04. The highest BCUT2D eigenvalue weighted by atomic mass is 14.6. The first-order valence-corrected chi connectivity index (χ1v) is 6.12. The molecule has 0 heteroatoms. The van der Waals surface area contributed by atoms with E-state index in [-0.39, 0.29) is 0 Å². The van der Waals surface area contributed by atoms with Crippen LogP contribution in [0, 0.1) is 16.7 Å². The Morgan fingerprint density at radius 1 is 1.00 bits per heavy atom. The third-order valence-corrected chi connectivity index (χ3v) is 5.01. The van der Waals surface area contributed by atoms with Gasteiger partial charge >= 0.3 is 0 Å². The first-order valence-electron chi connectivity index (χ1n) is 6.12. The Bertz CT molecular complexity index is 180. The molecule has 0 N–H and O–H groups in total. The van der Waals surface area contributed by atoms with Gasteiger partial charge in [0, 0.05) is 0 Å². The molecule has 0 radical (unpaired) electrons. The number of rotatable bonds is 1. The summed E-state index contributed by atoms with van der Waals surface area (Å²) >= 11 is 0. The van der Waals surface area contributed by atoms with E-state index in [2.05, 4.69) is 47.1 Å². The van der Waals surface area contributed by atoms with Crippen LogP contribution in [-0.2, 0) is 0 Å². The number of fused-ring (bicyclic) bond motifs is 2. The van der Waals surface area contributed by atoms with E-state index in [9.17, 15) is 0 Å². The molecule has 0 spiro atoms. The molecule has 0 aromatic carbocycles. The lowest BCUT2D eigenvalue weighted by molar-refractivity contribution is 0.123. The zero-order valence-corrected chi connectivity index (χ0v) is 10.9. The summed E-state index contributed by atoms with van der Waals surface area (Å²) in [6.07, 6.45) is 7.47. The maximum atomic E-state index is 3.00. The summed E-state index contributed by atoms with van der Waals surface area (Å²) in [6, 6.07) is 0. The van der Waals surface area contributed by atoms with Gasteiger partial charge in [0.1, 0.15) is 0 Å². The van der Waals surface area contributed by atoms with Crippen LogP contribution < -0.4 is 0 Å². The first kappa shape index (κ1) is 14.5. The fourth-order valence-corrected chi connectivity index (χ4v) is 3.78. The molecule has 0 amide bonds. The summed E-state index contributed by atoms with van der Waals surface area (Å²) in [5.41, 5.74) is 1.42. The van der Waals surface area contributed by atoms with E-state index in [1.807, 2.05) is 0 Å². The van der Waals surface area contributed by atoms with Gasteiger partial charge in [-0.3, -0.25) is 0 Å². The van der Waals surface area contributed by atoms with Crippen LogP contribution in [0.1, 0.15) is 52.9 Å². The fourth-order valence-electron chi connectivity index (χ4n) is 3.78. The molecule has 15 heavy (non-hydrogen) atoms. The zero-order valence-electron chi connectivity index (χ0n) is 10.9. The summed E-state index contributed by atoms with van der Waals surface area (Å²) in [7, 11) is 0. The lowest BCUT2D eigenvalue weighted by Gasteiger charge is -2.37. The lowest BCUT2D eigenvalue weighted by Crippen LogP contribution is -2.29. The minimum atomic E-state index is 0.668. The average molecular weight is 208 g/mol. The Balaban J connectivity index is 0.000000442. The van der Waals surface area contributed by atoms with Crippen molar-refractivity contribution < 1.29 is 0 Å². The van der Waals surface area contributed by atoms with Gasteiger partial charge in [0.05, 0.1) is 0 Å². The van der Waals surface area contributed by atoms with Crippen LogP contribution in [0.4, 0.5) is 0 Å². The predicted octanol–water partition coefficient (Wildman–Crippen LogP) is 5.22. The van der Waals surface area contributed by atoms with E-state index >= 15 is 0 Å². The van der Waals surface area contributed by atoms with E-state index in [0.717, 1.165) is 11.3 Å². The lowest BCUT2D eigenvalue weighted by atomic mass is 9.68. The van der Waals surface area contributed by atoms with Crippen LogP contribution in [0.25, 0.3) is 0 Å². The van der Waals surface area contributed by atoms with Gasteiger partial charge in [-0.25, -0.2) is 0 Å². The van der Waals surface area contributed by atoms with Crippen molar-refractivity contribution in [2.75, 3.05) is 0 Å². The van der Waals surface area contributed by atoms with Gasteiger partial charge in [0.15, 0.2) is 0 Å². The second-order valence-corrected chi connectivity index (χ2v) is 5.13. The fraction of sp³-hybridized carbons (Fsp3) is 0.733. The molecule has 0 saturated heterocycles. The van der Waals surface area contributed by atoms with Crippen molar-refractivity contribution in [3.8, 4) is 0 Å². The van der Waals surface area contributed by atoms with Gasteiger partial charge in [0.25, 0.3) is 0 Å². The predicted molar refractivity (Wildman–Crippen MR) is 71.0 cm³/mol. The summed E-state index contributed by atoms with van der Waals surface area (Å²) < 4.78 is 0. The highest BCUT2D eigenvalue weighted by Crippen LogP contribution is 2.67. The Hall–Kier alpha value is -0.520. The molecule has 2 aliphatic carbocycles. The molecule has 0 nitrogen and oxygen atoms in total. The maximum absolute atomic E-state index is 3.00. The molecule has 2 bridgehead atoms. The molecule has 0 aromatic heterocycles. The first-order chi connectivity index (χ1) is 7.12. The molecule has 2 rings (SSSR count). The standard InChI is InChI=1S/C11H20.2C2H4/c1-4-11-7-5-9(6-8-11)10(11,2)3;2*1-2/h9H,4-8H2,1-3H3;2*1-2H2. The highest BCUT2D eigenvalue weighted by Gasteiger charge is 2.57. The second kappa shape index (κ2) is 5.53.